The molecule has 1 amide bonds. The van der Waals surface area contributed by atoms with Gasteiger partial charge in [-0.25, -0.2) is 5.01 Å². The summed E-state index contributed by atoms with van der Waals surface area (Å²) in [6.45, 7) is 2.95. The number of nitrogens with zero attached hydrogens (tertiary/aromatic N) is 1. The van der Waals surface area contributed by atoms with E-state index in [2.05, 4.69) is 10.2 Å². The number of hydrogen-bond acceptors (Lipinski definition) is 4. The Morgan fingerprint density at radius 1 is 1.58 bits per heavy atom. The van der Waals surface area contributed by atoms with E-state index in [1.165, 1.54) is 7.11 Å². The molecule has 1 aliphatic rings. The molecule has 12 heavy (non-hydrogen) atoms. The highest BCUT2D eigenvalue weighted by molar-refractivity contribution is 5.76. The number of rotatable bonds is 3. The minimum absolute atomic E-state index is 0.108. The van der Waals surface area contributed by atoms with Gasteiger partial charge in [-0.05, 0) is 0 Å². The maximum atomic E-state index is 11.0. The Labute approximate surface area is 71.6 Å². The Morgan fingerprint density at radius 3 is 2.83 bits per heavy atom. The molecule has 5 nitrogen and oxygen atoms in total. The van der Waals surface area contributed by atoms with Crippen LogP contribution in [0.3, 0.4) is 0 Å². The Balaban J connectivity index is 2.15. The van der Waals surface area contributed by atoms with Crippen molar-refractivity contribution in [2.45, 2.75) is 0 Å². The molecule has 0 aliphatic carbocycles. The molecule has 0 aromatic rings. The third-order valence-electron chi connectivity index (χ3n) is 1.57. The van der Waals surface area contributed by atoms with E-state index in [0.717, 1.165) is 13.1 Å². The van der Waals surface area contributed by atoms with Gasteiger partial charge in [0, 0.05) is 20.2 Å². The monoisotopic (exact) mass is 174 g/mol. The van der Waals surface area contributed by atoms with Crippen molar-refractivity contribution in [1.29, 1.82) is 0 Å². The van der Waals surface area contributed by atoms with Crippen molar-refractivity contribution >= 4 is 5.91 Å². The van der Waals surface area contributed by atoms with Gasteiger partial charge in [0.15, 0.2) is 0 Å². The molecule has 1 aliphatic heterocycles. The number of carbonyl (C=O) groups excluding carboxylic acids is 1. The summed E-state index contributed by atoms with van der Waals surface area (Å²) in [5, 5.41) is 1.84. The SMILES string of the molecule is COCC(=O)NN1CCOCC1. The van der Waals surface area contributed by atoms with Crippen LogP contribution in [-0.2, 0) is 14.3 Å². The maximum absolute atomic E-state index is 11.0. The zero-order valence-corrected chi connectivity index (χ0v) is 7.21. The second-order valence-corrected chi connectivity index (χ2v) is 2.57. The summed E-state index contributed by atoms with van der Waals surface area (Å²) in [7, 11) is 1.50. The molecule has 0 bridgehead atoms. The molecule has 1 heterocycles. The molecule has 0 aromatic heterocycles. The van der Waals surface area contributed by atoms with Gasteiger partial charge in [-0.2, -0.15) is 0 Å². The zero-order valence-electron chi connectivity index (χ0n) is 7.21. The summed E-state index contributed by atoms with van der Waals surface area (Å²) in [6, 6.07) is 0. The smallest absolute Gasteiger partial charge is 0.260 e. The van der Waals surface area contributed by atoms with E-state index in [4.69, 9.17) is 4.74 Å². The van der Waals surface area contributed by atoms with Crippen LogP contribution in [0.15, 0.2) is 0 Å². The van der Waals surface area contributed by atoms with Crippen LogP contribution in [-0.4, -0.2) is 50.9 Å². The van der Waals surface area contributed by atoms with E-state index >= 15 is 0 Å². The number of nitrogens with one attached hydrogen (secondary N) is 1. The summed E-state index contributed by atoms with van der Waals surface area (Å²) < 4.78 is 9.79. The van der Waals surface area contributed by atoms with Crippen molar-refractivity contribution in [3.63, 3.8) is 0 Å². The lowest BCUT2D eigenvalue weighted by Gasteiger charge is -2.26. The Kier molecular flexibility index (Phi) is 3.99. The first-order valence-electron chi connectivity index (χ1n) is 3.94. The van der Waals surface area contributed by atoms with Crippen LogP contribution in [0.4, 0.5) is 0 Å². The standard InChI is InChI=1S/C7H14N2O3/c1-11-6-7(10)8-9-2-4-12-5-3-9/h2-6H2,1H3,(H,8,10). The maximum Gasteiger partial charge on any atom is 0.260 e. The van der Waals surface area contributed by atoms with Crippen molar-refractivity contribution in [3.05, 3.63) is 0 Å². The molecule has 0 unspecified atom stereocenters. The highest BCUT2D eigenvalue weighted by Crippen LogP contribution is 1.91. The fourth-order valence-corrected chi connectivity index (χ4v) is 1.01. The lowest BCUT2D eigenvalue weighted by atomic mass is 10.5. The molecule has 1 saturated heterocycles. The largest absolute Gasteiger partial charge is 0.379 e. The van der Waals surface area contributed by atoms with Gasteiger partial charge in [0.2, 0.25) is 0 Å². The number of amides is 1. The summed E-state index contributed by atoms with van der Waals surface area (Å²) in [4.78, 5) is 11.0. The first kappa shape index (κ1) is 9.44. The Bertz CT molecular complexity index is 146. The minimum Gasteiger partial charge on any atom is -0.379 e. The summed E-state index contributed by atoms with van der Waals surface area (Å²) >= 11 is 0. The molecule has 0 spiro atoms. The predicted octanol–water partition coefficient (Wildman–Crippen LogP) is -1.00. The van der Waals surface area contributed by atoms with Gasteiger partial charge in [-0.1, -0.05) is 0 Å². The average Bonchev–Trinajstić information content (AvgIpc) is 2.06. The topological polar surface area (TPSA) is 50.8 Å². The Morgan fingerprint density at radius 2 is 2.25 bits per heavy atom. The average molecular weight is 174 g/mol. The number of morpholine rings is 1. The van der Waals surface area contributed by atoms with Crippen LogP contribution in [0.25, 0.3) is 0 Å². The van der Waals surface area contributed by atoms with Crippen LogP contribution in [0.5, 0.6) is 0 Å². The van der Waals surface area contributed by atoms with Gasteiger partial charge in [0.1, 0.15) is 6.61 Å². The second kappa shape index (κ2) is 5.08. The minimum atomic E-state index is -0.112. The molecule has 70 valence electrons. The zero-order chi connectivity index (χ0) is 8.81. The summed E-state index contributed by atoms with van der Waals surface area (Å²) in [6.07, 6.45) is 0. The third-order valence-corrected chi connectivity index (χ3v) is 1.57. The predicted molar refractivity (Wildman–Crippen MR) is 42.4 cm³/mol. The molecule has 0 aromatic carbocycles. The van der Waals surface area contributed by atoms with Gasteiger partial charge in [0.25, 0.3) is 5.91 Å². The Hall–Kier alpha value is -0.650. The highest BCUT2D eigenvalue weighted by atomic mass is 16.5. The van der Waals surface area contributed by atoms with Crippen LogP contribution in [0.2, 0.25) is 0 Å². The first-order valence-corrected chi connectivity index (χ1v) is 3.94. The number of carbonyl (C=O) groups is 1. The van der Waals surface area contributed by atoms with E-state index in [0.29, 0.717) is 13.2 Å². The molecule has 0 radical (unpaired) electrons. The van der Waals surface area contributed by atoms with Crippen molar-refractivity contribution in [3.8, 4) is 0 Å². The van der Waals surface area contributed by atoms with Gasteiger partial charge >= 0.3 is 0 Å². The van der Waals surface area contributed by atoms with Crippen molar-refractivity contribution in [2.24, 2.45) is 0 Å². The van der Waals surface area contributed by atoms with E-state index in [1.54, 1.807) is 0 Å². The van der Waals surface area contributed by atoms with E-state index in [-0.39, 0.29) is 12.5 Å². The number of hydrazine groups is 1. The first-order chi connectivity index (χ1) is 5.83. The molecule has 1 fully saturated rings. The van der Waals surface area contributed by atoms with E-state index in [9.17, 15) is 4.79 Å². The lowest BCUT2D eigenvalue weighted by Crippen LogP contribution is -2.49. The normalized spacial score (nSPS) is 19.1. The fraction of sp³-hybridized carbons (Fsp3) is 0.857. The molecular formula is C7H14N2O3. The lowest BCUT2D eigenvalue weighted by molar-refractivity contribution is -0.131. The van der Waals surface area contributed by atoms with Gasteiger partial charge in [0.05, 0.1) is 13.2 Å². The molecule has 0 saturated carbocycles. The molecule has 1 rings (SSSR count). The molecule has 1 N–H and O–H groups in total. The van der Waals surface area contributed by atoms with Gasteiger partial charge in [-0.15, -0.1) is 0 Å². The van der Waals surface area contributed by atoms with Crippen molar-refractivity contribution in [1.82, 2.24) is 10.4 Å². The molecule has 5 heteroatoms. The number of methoxy groups -OCH3 is 1. The second-order valence-electron chi connectivity index (χ2n) is 2.57. The van der Waals surface area contributed by atoms with Gasteiger partial charge < -0.3 is 9.47 Å². The third kappa shape index (κ3) is 3.17. The van der Waals surface area contributed by atoms with Crippen LogP contribution < -0.4 is 5.43 Å². The fourth-order valence-electron chi connectivity index (χ4n) is 1.01. The number of hydrogen-bond donors (Lipinski definition) is 1. The van der Waals surface area contributed by atoms with Crippen LogP contribution in [0, 0.1) is 0 Å². The molecule has 0 atom stereocenters. The highest BCUT2D eigenvalue weighted by Gasteiger charge is 2.11. The van der Waals surface area contributed by atoms with Crippen LogP contribution in [0.1, 0.15) is 0 Å². The summed E-state index contributed by atoms with van der Waals surface area (Å²) in [5.74, 6) is -0.112. The van der Waals surface area contributed by atoms with E-state index in [1.807, 2.05) is 5.01 Å². The summed E-state index contributed by atoms with van der Waals surface area (Å²) in [5.41, 5.74) is 2.71. The molecular weight excluding hydrogens is 160 g/mol. The quantitative estimate of drug-likeness (QED) is 0.596. The van der Waals surface area contributed by atoms with Gasteiger partial charge in [-0.3, -0.25) is 10.2 Å². The van der Waals surface area contributed by atoms with Crippen molar-refractivity contribution < 1.29 is 14.3 Å². The van der Waals surface area contributed by atoms with Crippen molar-refractivity contribution in [2.75, 3.05) is 40.0 Å². The van der Waals surface area contributed by atoms with E-state index < -0.39 is 0 Å². The number of ether oxygens (including phenoxy) is 2. The van der Waals surface area contributed by atoms with Crippen LogP contribution >= 0.6 is 0 Å².